The van der Waals surface area contributed by atoms with Gasteiger partial charge in [0.05, 0.1) is 0 Å². The van der Waals surface area contributed by atoms with E-state index in [0.29, 0.717) is 6.54 Å². The first-order valence-electron chi connectivity index (χ1n) is 5.92. The van der Waals surface area contributed by atoms with Gasteiger partial charge in [-0.15, -0.1) is 5.10 Å². The van der Waals surface area contributed by atoms with Crippen LogP contribution in [0.2, 0.25) is 0 Å². The van der Waals surface area contributed by atoms with Gasteiger partial charge >= 0.3 is 5.69 Å². The van der Waals surface area contributed by atoms with Crippen LogP contribution in [0, 0.1) is 0 Å². The zero-order chi connectivity index (χ0) is 13.3. The number of rotatable bonds is 4. The van der Waals surface area contributed by atoms with Gasteiger partial charge in [-0.1, -0.05) is 6.42 Å². The molecule has 0 aliphatic heterocycles. The van der Waals surface area contributed by atoms with Gasteiger partial charge in [0, 0.05) is 25.4 Å². The van der Waals surface area contributed by atoms with Gasteiger partial charge in [-0.3, -0.25) is 9.36 Å². The standard InChI is InChI=1S/C11H18N4O2S/c1-14-9(16)8(13-15(2)10(14)17)12-7-11(18-3)5-4-6-11/h4-7H2,1-3H3,(H,12,13). The lowest BCUT2D eigenvalue weighted by Crippen LogP contribution is -2.44. The third-order valence-electron chi connectivity index (χ3n) is 3.60. The predicted molar refractivity (Wildman–Crippen MR) is 73.3 cm³/mol. The number of aromatic nitrogens is 3. The SMILES string of the molecule is CSC1(CNc2nn(C)c(=O)n(C)c2=O)CCC1. The van der Waals surface area contributed by atoms with Gasteiger partial charge in [0.1, 0.15) is 0 Å². The molecule has 1 heterocycles. The third kappa shape index (κ3) is 2.19. The molecule has 1 N–H and O–H groups in total. The summed E-state index contributed by atoms with van der Waals surface area (Å²) < 4.78 is 2.47. The van der Waals surface area contributed by atoms with E-state index in [1.807, 2.05) is 11.8 Å². The lowest BCUT2D eigenvalue weighted by atomic mass is 9.84. The van der Waals surface area contributed by atoms with Crippen molar-refractivity contribution in [1.82, 2.24) is 14.3 Å². The molecular formula is C11H18N4O2S. The second-order valence-corrected chi connectivity index (χ2v) is 5.99. The fourth-order valence-corrected chi connectivity index (χ4v) is 2.99. The van der Waals surface area contributed by atoms with Crippen LogP contribution in [0.4, 0.5) is 5.82 Å². The van der Waals surface area contributed by atoms with Crippen LogP contribution in [0.3, 0.4) is 0 Å². The first-order valence-corrected chi connectivity index (χ1v) is 7.15. The van der Waals surface area contributed by atoms with E-state index in [0.717, 1.165) is 17.4 Å². The number of hydrogen-bond donors (Lipinski definition) is 1. The zero-order valence-corrected chi connectivity index (χ0v) is 11.7. The van der Waals surface area contributed by atoms with Gasteiger partial charge < -0.3 is 5.32 Å². The molecule has 7 heteroatoms. The average molecular weight is 270 g/mol. The number of nitrogens with one attached hydrogen (secondary N) is 1. The van der Waals surface area contributed by atoms with Crippen molar-refractivity contribution in [2.45, 2.75) is 24.0 Å². The molecule has 1 aliphatic rings. The summed E-state index contributed by atoms with van der Waals surface area (Å²) in [5, 5.41) is 7.07. The van der Waals surface area contributed by atoms with E-state index in [1.165, 1.54) is 18.2 Å². The Labute approximate surface area is 109 Å². The van der Waals surface area contributed by atoms with Gasteiger partial charge in [-0.25, -0.2) is 9.48 Å². The van der Waals surface area contributed by atoms with Gasteiger partial charge in [0.25, 0.3) is 5.56 Å². The molecule has 18 heavy (non-hydrogen) atoms. The number of aryl methyl sites for hydroxylation is 1. The van der Waals surface area contributed by atoms with Crippen LogP contribution in [0.15, 0.2) is 9.59 Å². The van der Waals surface area contributed by atoms with Gasteiger partial charge in [-0.05, 0) is 19.1 Å². The van der Waals surface area contributed by atoms with Crippen molar-refractivity contribution in [1.29, 1.82) is 0 Å². The lowest BCUT2D eigenvalue weighted by molar-refractivity contribution is 0.379. The van der Waals surface area contributed by atoms with E-state index >= 15 is 0 Å². The van der Waals surface area contributed by atoms with E-state index < -0.39 is 5.69 Å². The van der Waals surface area contributed by atoms with Crippen molar-refractivity contribution in [2.24, 2.45) is 14.1 Å². The molecule has 6 nitrogen and oxygen atoms in total. The molecule has 2 rings (SSSR count). The second kappa shape index (κ2) is 4.79. The molecule has 0 saturated heterocycles. The maximum Gasteiger partial charge on any atom is 0.346 e. The molecular weight excluding hydrogens is 252 g/mol. The minimum Gasteiger partial charge on any atom is -0.363 e. The number of nitrogens with zero attached hydrogens (tertiary/aromatic N) is 3. The highest BCUT2D eigenvalue weighted by Crippen LogP contribution is 2.42. The van der Waals surface area contributed by atoms with Crippen LogP contribution in [0.5, 0.6) is 0 Å². The molecule has 1 saturated carbocycles. The number of thioether (sulfide) groups is 1. The number of hydrogen-bond acceptors (Lipinski definition) is 5. The molecule has 1 aliphatic carbocycles. The molecule has 0 aromatic carbocycles. The van der Waals surface area contributed by atoms with Crippen molar-refractivity contribution in [3.63, 3.8) is 0 Å². The average Bonchev–Trinajstić information content (AvgIpc) is 2.32. The number of anilines is 1. The first-order chi connectivity index (χ1) is 8.49. The minimum absolute atomic E-state index is 0.224. The Balaban J connectivity index is 2.20. The van der Waals surface area contributed by atoms with Crippen LogP contribution in [-0.2, 0) is 14.1 Å². The highest BCUT2D eigenvalue weighted by atomic mass is 32.2. The Bertz CT molecular complexity index is 554. The predicted octanol–water partition coefficient (Wildman–Crippen LogP) is 0.177. The Morgan fingerprint density at radius 1 is 1.39 bits per heavy atom. The fourth-order valence-electron chi connectivity index (χ4n) is 2.08. The van der Waals surface area contributed by atoms with E-state index in [2.05, 4.69) is 16.7 Å². The largest absolute Gasteiger partial charge is 0.363 e. The van der Waals surface area contributed by atoms with Crippen LogP contribution in [0.1, 0.15) is 19.3 Å². The van der Waals surface area contributed by atoms with Gasteiger partial charge in [-0.2, -0.15) is 11.8 Å². The second-order valence-electron chi connectivity index (χ2n) is 4.71. The minimum atomic E-state index is -0.409. The molecule has 0 radical (unpaired) electrons. The maximum absolute atomic E-state index is 11.9. The van der Waals surface area contributed by atoms with Crippen molar-refractivity contribution in [3.8, 4) is 0 Å². The topological polar surface area (TPSA) is 68.9 Å². The molecule has 1 fully saturated rings. The molecule has 1 aromatic heterocycles. The van der Waals surface area contributed by atoms with Crippen molar-refractivity contribution in [2.75, 3.05) is 18.1 Å². The van der Waals surface area contributed by atoms with Crippen molar-refractivity contribution >= 4 is 17.6 Å². The van der Waals surface area contributed by atoms with Crippen LogP contribution >= 0.6 is 11.8 Å². The molecule has 0 spiro atoms. The Morgan fingerprint density at radius 2 is 2.06 bits per heavy atom. The molecule has 0 amide bonds. The summed E-state index contributed by atoms with van der Waals surface area (Å²) in [5.74, 6) is 0.250. The van der Waals surface area contributed by atoms with E-state index in [9.17, 15) is 9.59 Å². The molecule has 0 atom stereocenters. The summed E-state index contributed by atoms with van der Waals surface area (Å²) in [6, 6.07) is 0. The van der Waals surface area contributed by atoms with E-state index in [1.54, 1.807) is 7.05 Å². The van der Waals surface area contributed by atoms with Crippen molar-refractivity contribution < 1.29 is 0 Å². The Kier molecular flexibility index (Phi) is 3.52. The lowest BCUT2D eigenvalue weighted by Gasteiger charge is -2.40. The molecule has 0 bridgehead atoms. The van der Waals surface area contributed by atoms with Crippen molar-refractivity contribution in [3.05, 3.63) is 20.8 Å². The van der Waals surface area contributed by atoms with Gasteiger partial charge in [0.15, 0.2) is 0 Å². The zero-order valence-electron chi connectivity index (χ0n) is 10.9. The van der Waals surface area contributed by atoms with Crippen LogP contribution in [0.25, 0.3) is 0 Å². The highest BCUT2D eigenvalue weighted by molar-refractivity contribution is 8.00. The summed E-state index contributed by atoms with van der Waals surface area (Å²) in [6.45, 7) is 0.717. The van der Waals surface area contributed by atoms with E-state index in [4.69, 9.17) is 0 Å². The molecule has 100 valence electrons. The summed E-state index contributed by atoms with van der Waals surface area (Å²) in [4.78, 5) is 23.4. The third-order valence-corrected chi connectivity index (χ3v) is 5.02. The smallest absolute Gasteiger partial charge is 0.346 e. The van der Waals surface area contributed by atoms with Gasteiger partial charge in [0.2, 0.25) is 5.82 Å². The summed E-state index contributed by atoms with van der Waals surface area (Å²) in [6.07, 6.45) is 5.65. The molecule has 0 unspecified atom stereocenters. The summed E-state index contributed by atoms with van der Waals surface area (Å²) >= 11 is 1.83. The monoisotopic (exact) mass is 270 g/mol. The Morgan fingerprint density at radius 3 is 2.56 bits per heavy atom. The normalized spacial score (nSPS) is 17.3. The first kappa shape index (κ1) is 13.2. The summed E-state index contributed by atoms with van der Waals surface area (Å²) in [5.41, 5.74) is -0.776. The quantitative estimate of drug-likeness (QED) is 0.845. The van der Waals surface area contributed by atoms with Crippen LogP contribution < -0.4 is 16.6 Å². The van der Waals surface area contributed by atoms with E-state index in [-0.39, 0.29) is 16.1 Å². The fraction of sp³-hybridized carbons (Fsp3) is 0.727. The molecule has 1 aromatic rings. The van der Waals surface area contributed by atoms with Crippen LogP contribution in [-0.4, -0.2) is 31.9 Å². The maximum atomic E-state index is 11.9. The Hall–Kier alpha value is -1.24. The summed E-state index contributed by atoms with van der Waals surface area (Å²) in [7, 11) is 3.01. The highest BCUT2D eigenvalue weighted by Gasteiger charge is 2.36.